The Labute approximate surface area is 106 Å². The molecule has 4 nitrogen and oxygen atoms in total. The van der Waals surface area contributed by atoms with E-state index in [0.29, 0.717) is 11.1 Å². The molecule has 1 saturated heterocycles. The molecule has 1 aliphatic heterocycles. The highest BCUT2D eigenvalue weighted by molar-refractivity contribution is 6.31. The second-order valence-corrected chi connectivity index (χ2v) is 4.77. The number of benzene rings is 1. The highest BCUT2D eigenvalue weighted by atomic mass is 35.5. The predicted molar refractivity (Wildman–Crippen MR) is 70.0 cm³/mol. The van der Waals surface area contributed by atoms with E-state index < -0.39 is 0 Å². The molecule has 1 unspecified atom stereocenters. The Morgan fingerprint density at radius 2 is 2.35 bits per heavy atom. The van der Waals surface area contributed by atoms with E-state index >= 15 is 0 Å². The number of oxime groups is 1. The lowest BCUT2D eigenvalue weighted by atomic mass is 10.1. The van der Waals surface area contributed by atoms with E-state index in [0.717, 1.165) is 30.6 Å². The van der Waals surface area contributed by atoms with E-state index in [2.05, 4.69) is 17.0 Å². The van der Waals surface area contributed by atoms with Crippen molar-refractivity contribution in [2.24, 2.45) is 10.9 Å². The summed E-state index contributed by atoms with van der Waals surface area (Å²) in [6, 6.07) is 5.87. The van der Waals surface area contributed by atoms with Crippen LogP contribution in [-0.4, -0.2) is 23.6 Å². The van der Waals surface area contributed by atoms with Gasteiger partial charge in [0.05, 0.1) is 0 Å². The quantitative estimate of drug-likeness (QED) is 0.368. The smallest absolute Gasteiger partial charge is 0.172 e. The van der Waals surface area contributed by atoms with Crippen LogP contribution in [0.25, 0.3) is 0 Å². The van der Waals surface area contributed by atoms with Crippen molar-refractivity contribution >= 4 is 23.1 Å². The molecule has 1 aromatic carbocycles. The molecule has 92 valence electrons. The van der Waals surface area contributed by atoms with Crippen LogP contribution >= 0.6 is 11.6 Å². The SMILES string of the molecule is CC1CCCN1c1cc(Cl)ccc1C(N)=NO. The zero-order chi connectivity index (χ0) is 12.4. The summed E-state index contributed by atoms with van der Waals surface area (Å²) in [5.41, 5.74) is 7.36. The normalized spacial score (nSPS) is 20.9. The molecule has 1 fully saturated rings. The fourth-order valence-electron chi connectivity index (χ4n) is 2.30. The van der Waals surface area contributed by atoms with Gasteiger partial charge in [0, 0.05) is 28.9 Å². The fourth-order valence-corrected chi connectivity index (χ4v) is 2.47. The van der Waals surface area contributed by atoms with Gasteiger partial charge in [-0.05, 0) is 38.0 Å². The van der Waals surface area contributed by atoms with Crippen LogP contribution in [0.5, 0.6) is 0 Å². The first-order chi connectivity index (χ1) is 8.13. The average Bonchev–Trinajstić information content (AvgIpc) is 2.74. The van der Waals surface area contributed by atoms with Crippen LogP contribution in [0.2, 0.25) is 5.02 Å². The molecule has 0 amide bonds. The van der Waals surface area contributed by atoms with Gasteiger partial charge < -0.3 is 15.8 Å². The summed E-state index contributed by atoms with van der Waals surface area (Å²) in [5.74, 6) is 0.121. The van der Waals surface area contributed by atoms with E-state index in [9.17, 15) is 0 Å². The zero-order valence-corrected chi connectivity index (χ0v) is 10.5. The van der Waals surface area contributed by atoms with Crippen LogP contribution in [0, 0.1) is 0 Å². The molecule has 5 heteroatoms. The maximum absolute atomic E-state index is 8.80. The summed E-state index contributed by atoms with van der Waals surface area (Å²) in [5, 5.41) is 12.5. The summed E-state index contributed by atoms with van der Waals surface area (Å²) in [4.78, 5) is 2.25. The van der Waals surface area contributed by atoms with Crippen molar-refractivity contribution in [1.29, 1.82) is 0 Å². The van der Waals surface area contributed by atoms with Crippen molar-refractivity contribution < 1.29 is 5.21 Å². The third-order valence-electron chi connectivity index (χ3n) is 3.21. The minimum absolute atomic E-state index is 0.121. The van der Waals surface area contributed by atoms with Gasteiger partial charge in [0.25, 0.3) is 0 Å². The first-order valence-corrected chi connectivity index (χ1v) is 6.05. The lowest BCUT2D eigenvalue weighted by Gasteiger charge is -2.26. The lowest BCUT2D eigenvalue weighted by Crippen LogP contribution is -2.29. The van der Waals surface area contributed by atoms with Crippen LogP contribution in [-0.2, 0) is 0 Å². The molecular weight excluding hydrogens is 238 g/mol. The van der Waals surface area contributed by atoms with Gasteiger partial charge in [-0.25, -0.2) is 0 Å². The summed E-state index contributed by atoms with van der Waals surface area (Å²) in [6.45, 7) is 3.15. The summed E-state index contributed by atoms with van der Waals surface area (Å²) in [7, 11) is 0. The molecule has 1 aliphatic rings. The summed E-state index contributed by atoms with van der Waals surface area (Å²) >= 11 is 6.02. The number of halogens is 1. The molecular formula is C12H16ClN3O. The van der Waals surface area contributed by atoms with Crippen molar-refractivity contribution in [2.75, 3.05) is 11.4 Å². The van der Waals surface area contributed by atoms with Crippen LogP contribution in [0.1, 0.15) is 25.3 Å². The van der Waals surface area contributed by atoms with E-state index in [1.807, 2.05) is 6.07 Å². The standard InChI is InChI=1S/C12H16ClN3O/c1-8-3-2-6-16(8)11-7-9(13)4-5-10(11)12(14)15-17/h4-5,7-8,17H,2-3,6H2,1H3,(H2,14,15). The first kappa shape index (κ1) is 12.0. The van der Waals surface area contributed by atoms with E-state index in [1.165, 1.54) is 0 Å². The van der Waals surface area contributed by atoms with Crippen LogP contribution < -0.4 is 10.6 Å². The number of nitrogens with two attached hydrogens (primary N) is 1. The Kier molecular flexibility index (Phi) is 3.43. The Balaban J connectivity index is 2.46. The molecule has 0 radical (unpaired) electrons. The third kappa shape index (κ3) is 2.31. The van der Waals surface area contributed by atoms with Gasteiger partial charge in [0.2, 0.25) is 0 Å². The molecule has 3 N–H and O–H groups in total. The van der Waals surface area contributed by atoms with Crippen molar-refractivity contribution in [3.8, 4) is 0 Å². The van der Waals surface area contributed by atoms with Gasteiger partial charge in [-0.1, -0.05) is 16.8 Å². The Hall–Kier alpha value is -1.42. The minimum atomic E-state index is 0.121. The minimum Gasteiger partial charge on any atom is -0.409 e. The second kappa shape index (κ2) is 4.84. The molecule has 0 spiro atoms. The fraction of sp³-hybridized carbons (Fsp3) is 0.417. The number of hydrogen-bond donors (Lipinski definition) is 2. The molecule has 17 heavy (non-hydrogen) atoms. The van der Waals surface area contributed by atoms with Crippen molar-refractivity contribution in [2.45, 2.75) is 25.8 Å². The Bertz CT molecular complexity index is 447. The summed E-state index contributed by atoms with van der Waals surface area (Å²) in [6.07, 6.45) is 2.31. The van der Waals surface area contributed by atoms with Crippen LogP contribution in [0.3, 0.4) is 0 Å². The molecule has 2 rings (SSSR count). The van der Waals surface area contributed by atoms with Crippen molar-refractivity contribution in [3.05, 3.63) is 28.8 Å². The van der Waals surface area contributed by atoms with Crippen molar-refractivity contribution in [3.63, 3.8) is 0 Å². The van der Waals surface area contributed by atoms with Gasteiger partial charge in [0.1, 0.15) is 0 Å². The van der Waals surface area contributed by atoms with E-state index in [4.69, 9.17) is 22.5 Å². The van der Waals surface area contributed by atoms with Crippen LogP contribution in [0.4, 0.5) is 5.69 Å². The third-order valence-corrected chi connectivity index (χ3v) is 3.44. The molecule has 0 saturated carbocycles. The lowest BCUT2D eigenvalue weighted by molar-refractivity contribution is 0.318. The first-order valence-electron chi connectivity index (χ1n) is 5.67. The number of hydrogen-bond acceptors (Lipinski definition) is 3. The molecule has 0 bridgehead atoms. The van der Waals surface area contributed by atoms with E-state index in [-0.39, 0.29) is 5.84 Å². The molecule has 0 aliphatic carbocycles. The number of amidine groups is 1. The molecule has 1 atom stereocenters. The maximum atomic E-state index is 8.80. The average molecular weight is 254 g/mol. The van der Waals surface area contributed by atoms with Crippen molar-refractivity contribution in [1.82, 2.24) is 0 Å². The number of nitrogens with zero attached hydrogens (tertiary/aromatic N) is 2. The highest BCUT2D eigenvalue weighted by Crippen LogP contribution is 2.30. The summed E-state index contributed by atoms with van der Waals surface area (Å²) < 4.78 is 0. The molecule has 1 aromatic rings. The van der Waals surface area contributed by atoms with Gasteiger partial charge >= 0.3 is 0 Å². The topological polar surface area (TPSA) is 61.8 Å². The zero-order valence-electron chi connectivity index (χ0n) is 9.73. The maximum Gasteiger partial charge on any atom is 0.172 e. The number of anilines is 1. The second-order valence-electron chi connectivity index (χ2n) is 4.33. The van der Waals surface area contributed by atoms with Gasteiger partial charge in [-0.3, -0.25) is 0 Å². The highest BCUT2D eigenvalue weighted by Gasteiger charge is 2.23. The largest absolute Gasteiger partial charge is 0.409 e. The van der Waals surface area contributed by atoms with E-state index in [1.54, 1.807) is 12.1 Å². The predicted octanol–water partition coefficient (Wildman–Crippen LogP) is 2.42. The van der Waals surface area contributed by atoms with Gasteiger partial charge in [-0.15, -0.1) is 0 Å². The molecule has 1 heterocycles. The number of rotatable bonds is 2. The van der Waals surface area contributed by atoms with Gasteiger partial charge in [0.15, 0.2) is 5.84 Å². The van der Waals surface area contributed by atoms with Gasteiger partial charge in [-0.2, -0.15) is 0 Å². The van der Waals surface area contributed by atoms with Crippen LogP contribution in [0.15, 0.2) is 23.4 Å². The Morgan fingerprint density at radius 1 is 1.59 bits per heavy atom. The monoisotopic (exact) mass is 253 g/mol. The Morgan fingerprint density at radius 3 is 2.94 bits per heavy atom. The molecule has 0 aromatic heterocycles.